The second-order valence-corrected chi connectivity index (χ2v) is 9.56. The molecule has 2 aliphatic heterocycles. The van der Waals surface area contributed by atoms with E-state index in [2.05, 4.69) is 38.8 Å². The van der Waals surface area contributed by atoms with Gasteiger partial charge < -0.3 is 4.74 Å². The Bertz CT molecular complexity index is 1190. The molecule has 2 fully saturated rings. The molecule has 0 spiro atoms. The number of amides is 2. The van der Waals surface area contributed by atoms with Crippen molar-refractivity contribution in [2.24, 2.45) is 0 Å². The Morgan fingerprint density at radius 3 is 1.86 bits per heavy atom. The Morgan fingerprint density at radius 1 is 0.811 bits per heavy atom. The summed E-state index contributed by atoms with van der Waals surface area (Å²) in [6, 6.07) is 25.6. The first-order valence-electron chi connectivity index (χ1n) is 12.1. The van der Waals surface area contributed by atoms with Crippen molar-refractivity contribution >= 4 is 29.1 Å². The number of imide groups is 1. The number of hydrogen-bond donors (Lipinski definition) is 0. The van der Waals surface area contributed by atoms with Crippen LogP contribution in [0.5, 0.6) is 5.75 Å². The summed E-state index contributed by atoms with van der Waals surface area (Å²) < 4.78 is 30.1. The van der Waals surface area contributed by atoms with Crippen LogP contribution in [0.4, 0.5) is 14.5 Å². The van der Waals surface area contributed by atoms with Crippen LogP contribution in [-0.2, 0) is 9.59 Å². The summed E-state index contributed by atoms with van der Waals surface area (Å²) in [6.45, 7) is 2.77. The molecular weight excluding hydrogens is 500 g/mol. The van der Waals surface area contributed by atoms with Crippen molar-refractivity contribution in [3.63, 3.8) is 0 Å². The zero-order chi connectivity index (χ0) is 26.0. The van der Waals surface area contributed by atoms with Crippen LogP contribution in [0.15, 0.2) is 84.9 Å². The molecule has 0 aromatic heterocycles. The fourth-order valence-corrected chi connectivity index (χ4v) is 5.25. The number of anilines is 1. The van der Waals surface area contributed by atoms with E-state index < -0.39 is 11.6 Å². The lowest BCUT2D eigenvalue weighted by Crippen LogP contribution is -2.53. The molecule has 5 rings (SSSR count). The van der Waals surface area contributed by atoms with Gasteiger partial charge in [0, 0.05) is 37.8 Å². The van der Waals surface area contributed by atoms with E-state index in [-0.39, 0.29) is 30.0 Å². The van der Waals surface area contributed by atoms with Crippen LogP contribution >= 0.6 is 11.6 Å². The number of halogens is 3. The Balaban J connectivity index is 1.27. The maximum absolute atomic E-state index is 13.3. The Morgan fingerprint density at radius 2 is 1.35 bits per heavy atom. The highest BCUT2D eigenvalue weighted by molar-refractivity contribution is 6.22. The number of ether oxygens (including phenoxy) is 1. The minimum absolute atomic E-state index is 0.0810. The van der Waals surface area contributed by atoms with E-state index in [1.807, 2.05) is 36.4 Å². The Labute approximate surface area is 219 Å². The molecule has 3 aromatic carbocycles. The lowest BCUT2D eigenvalue weighted by molar-refractivity contribution is -0.123. The molecule has 192 valence electrons. The fraction of sp³-hybridized carbons (Fsp3) is 0.286. The van der Waals surface area contributed by atoms with Gasteiger partial charge in [0.25, 0.3) is 5.91 Å². The zero-order valence-corrected chi connectivity index (χ0v) is 20.7. The summed E-state index contributed by atoms with van der Waals surface area (Å²) in [4.78, 5) is 31.6. The summed E-state index contributed by atoms with van der Waals surface area (Å²) >= 11 is 4.80. The number of piperazine rings is 1. The summed E-state index contributed by atoms with van der Waals surface area (Å²) in [7, 11) is 0. The molecule has 0 saturated carbocycles. The number of benzene rings is 3. The number of rotatable bonds is 7. The van der Waals surface area contributed by atoms with Gasteiger partial charge in [0.15, 0.2) is 0 Å². The van der Waals surface area contributed by atoms with Crippen molar-refractivity contribution in [3.8, 4) is 5.75 Å². The van der Waals surface area contributed by atoms with Crippen LogP contribution in [0.25, 0.3) is 0 Å². The van der Waals surface area contributed by atoms with Gasteiger partial charge in [-0.25, -0.2) is 4.90 Å². The molecule has 9 heteroatoms. The van der Waals surface area contributed by atoms with Gasteiger partial charge in [0.2, 0.25) is 5.91 Å². The van der Waals surface area contributed by atoms with Gasteiger partial charge in [0.1, 0.15) is 5.75 Å². The summed E-state index contributed by atoms with van der Waals surface area (Å²) in [6.07, 6.45) is 0.0810. The molecule has 2 amide bonds. The highest BCUT2D eigenvalue weighted by Gasteiger charge is 2.44. The van der Waals surface area contributed by atoms with Crippen LogP contribution < -0.4 is 9.64 Å². The van der Waals surface area contributed by atoms with Crippen LogP contribution in [0, 0.1) is 0 Å². The largest absolute Gasteiger partial charge is 0.487 e. The Hall–Kier alpha value is -3.33. The summed E-state index contributed by atoms with van der Waals surface area (Å²) in [5.74, 6) is -0.792. The lowest BCUT2D eigenvalue weighted by atomic mass is 9.96. The average molecular weight is 526 g/mol. The minimum Gasteiger partial charge on any atom is -0.420 e. The molecule has 6 nitrogen and oxygen atoms in total. The molecule has 2 aliphatic rings. The fourth-order valence-electron chi connectivity index (χ4n) is 5.16. The molecule has 3 aromatic rings. The van der Waals surface area contributed by atoms with Gasteiger partial charge in [-0.2, -0.15) is 0 Å². The second kappa shape index (κ2) is 10.6. The van der Waals surface area contributed by atoms with Crippen molar-refractivity contribution in [1.82, 2.24) is 9.80 Å². The maximum Gasteiger partial charge on any atom is 0.487 e. The molecule has 1 atom stereocenters. The third-order valence-corrected chi connectivity index (χ3v) is 6.91. The normalized spacial score (nSPS) is 19.6. The van der Waals surface area contributed by atoms with E-state index in [9.17, 15) is 18.4 Å². The highest BCUT2D eigenvalue weighted by Crippen LogP contribution is 2.33. The van der Waals surface area contributed by atoms with Gasteiger partial charge in [-0.15, -0.1) is 8.78 Å². The summed E-state index contributed by atoms with van der Waals surface area (Å²) in [5, 5.41) is 0. The van der Waals surface area contributed by atoms with Crippen molar-refractivity contribution in [3.05, 3.63) is 96.1 Å². The van der Waals surface area contributed by atoms with E-state index >= 15 is 0 Å². The molecular formula is C28H26ClF2N3O3. The quantitative estimate of drug-likeness (QED) is 0.325. The predicted octanol–water partition coefficient (Wildman–Crippen LogP) is 4.89. The molecule has 37 heavy (non-hydrogen) atoms. The van der Waals surface area contributed by atoms with E-state index in [1.165, 1.54) is 35.4 Å². The number of nitrogens with zero attached hydrogens (tertiary/aromatic N) is 3. The van der Waals surface area contributed by atoms with Crippen LogP contribution in [0.1, 0.15) is 23.6 Å². The average Bonchev–Trinajstić information content (AvgIpc) is 3.19. The third kappa shape index (κ3) is 5.66. The number of carbonyl (C=O) groups is 2. The molecule has 1 unspecified atom stereocenters. The molecule has 2 heterocycles. The van der Waals surface area contributed by atoms with Gasteiger partial charge in [-0.1, -0.05) is 60.7 Å². The SMILES string of the molecule is O=C1CC(N2CCN(C(c3ccccc3)c3ccccc3)CC2)C(=O)N1c1ccc(OC(F)(F)Cl)cc1. The van der Waals surface area contributed by atoms with Gasteiger partial charge in [-0.3, -0.25) is 19.4 Å². The second-order valence-electron chi connectivity index (χ2n) is 9.12. The topological polar surface area (TPSA) is 53.1 Å². The van der Waals surface area contributed by atoms with Crippen LogP contribution in [0.2, 0.25) is 0 Å². The molecule has 0 bridgehead atoms. The summed E-state index contributed by atoms with van der Waals surface area (Å²) in [5.41, 5.74) is -1.11. The molecule has 0 radical (unpaired) electrons. The molecule has 2 saturated heterocycles. The number of carbonyl (C=O) groups excluding carboxylic acids is 2. The first kappa shape index (κ1) is 25.3. The monoisotopic (exact) mass is 525 g/mol. The van der Waals surface area contributed by atoms with Crippen LogP contribution in [0.3, 0.4) is 0 Å². The first-order chi connectivity index (χ1) is 17.8. The van der Waals surface area contributed by atoms with E-state index in [0.29, 0.717) is 18.8 Å². The molecule has 0 aliphatic carbocycles. The van der Waals surface area contributed by atoms with Gasteiger partial charge in [-0.05, 0) is 35.4 Å². The number of alkyl halides is 3. The Kier molecular flexibility index (Phi) is 7.24. The third-order valence-electron chi connectivity index (χ3n) is 6.84. The highest BCUT2D eigenvalue weighted by atomic mass is 35.5. The van der Waals surface area contributed by atoms with Gasteiger partial charge in [0.05, 0.1) is 24.2 Å². The number of hydrogen-bond acceptors (Lipinski definition) is 5. The standard InChI is InChI=1S/C28H26ClF2N3O3/c29-28(30,31)37-23-13-11-22(12-14-23)34-25(35)19-24(27(34)36)32-15-17-33(18-16-32)26(20-7-3-1-4-8-20)21-9-5-2-6-10-21/h1-14,24,26H,15-19H2. The smallest absolute Gasteiger partial charge is 0.420 e. The van der Waals surface area contributed by atoms with E-state index in [4.69, 9.17) is 11.6 Å². The van der Waals surface area contributed by atoms with Crippen molar-refractivity contribution in [1.29, 1.82) is 0 Å². The minimum atomic E-state index is -3.84. The van der Waals surface area contributed by atoms with E-state index in [1.54, 1.807) is 0 Å². The predicted molar refractivity (Wildman–Crippen MR) is 137 cm³/mol. The van der Waals surface area contributed by atoms with E-state index in [0.717, 1.165) is 18.0 Å². The van der Waals surface area contributed by atoms with Crippen molar-refractivity contribution in [2.45, 2.75) is 24.1 Å². The zero-order valence-electron chi connectivity index (χ0n) is 20.0. The maximum atomic E-state index is 13.3. The van der Waals surface area contributed by atoms with Crippen molar-refractivity contribution in [2.75, 3.05) is 31.1 Å². The molecule has 0 N–H and O–H groups in total. The lowest BCUT2D eigenvalue weighted by Gasteiger charge is -2.41. The first-order valence-corrected chi connectivity index (χ1v) is 12.5. The van der Waals surface area contributed by atoms with Crippen LogP contribution in [-0.4, -0.2) is 59.4 Å². The van der Waals surface area contributed by atoms with Crippen molar-refractivity contribution < 1.29 is 23.1 Å². The van der Waals surface area contributed by atoms with Gasteiger partial charge >= 0.3 is 5.57 Å².